The molecule has 1 aromatic carbocycles. The van der Waals surface area contributed by atoms with Crippen LogP contribution in [0.15, 0.2) is 12.1 Å². The molecule has 8 heteroatoms. The van der Waals surface area contributed by atoms with Gasteiger partial charge in [-0.25, -0.2) is 0 Å². The lowest BCUT2D eigenvalue weighted by Crippen LogP contribution is -2.77. The molecule has 4 aliphatic rings. The molecule has 164 valence electrons. The summed E-state index contributed by atoms with van der Waals surface area (Å²) in [5.41, 5.74) is -0.966. The average molecular weight is 419 g/mol. The number of rotatable bonds is 5. The molecule has 5 N–H and O–H groups in total. The fourth-order valence-electron chi connectivity index (χ4n) is 6.81. The first-order valence-corrected chi connectivity index (χ1v) is 10.6. The number of aliphatic hydroxyl groups excluding tert-OH is 2. The van der Waals surface area contributed by atoms with Gasteiger partial charge in [0, 0.05) is 23.6 Å². The van der Waals surface area contributed by atoms with Gasteiger partial charge in [0.1, 0.15) is 6.10 Å². The van der Waals surface area contributed by atoms with Crippen molar-refractivity contribution in [2.75, 3.05) is 19.7 Å². The van der Waals surface area contributed by atoms with Crippen molar-refractivity contribution >= 4 is 5.97 Å². The summed E-state index contributed by atoms with van der Waals surface area (Å²) in [6.07, 6.45) is 0.357. The molecule has 6 atom stereocenters. The van der Waals surface area contributed by atoms with Crippen molar-refractivity contribution < 1.29 is 35.1 Å². The Bertz CT molecular complexity index is 906. The highest BCUT2D eigenvalue weighted by atomic mass is 16.5. The van der Waals surface area contributed by atoms with Gasteiger partial charge in [0.05, 0.1) is 30.1 Å². The van der Waals surface area contributed by atoms with Gasteiger partial charge in [0.2, 0.25) is 0 Å². The van der Waals surface area contributed by atoms with Gasteiger partial charge in [-0.15, -0.1) is 0 Å². The third kappa shape index (κ3) is 2.39. The first kappa shape index (κ1) is 20.1. The predicted molar refractivity (Wildman–Crippen MR) is 106 cm³/mol. The van der Waals surface area contributed by atoms with Gasteiger partial charge >= 0.3 is 5.97 Å². The Morgan fingerprint density at radius 3 is 2.83 bits per heavy atom. The number of hydrogen-bond donors (Lipinski definition) is 5. The molecule has 1 spiro atoms. The molecule has 1 saturated carbocycles. The molecule has 2 bridgehead atoms. The lowest BCUT2D eigenvalue weighted by Gasteiger charge is -2.64. The number of piperidine rings is 1. The lowest BCUT2D eigenvalue weighted by molar-refractivity contribution is -0.211. The second-order valence-electron chi connectivity index (χ2n) is 9.97. The van der Waals surface area contributed by atoms with Crippen LogP contribution >= 0.6 is 0 Å². The Morgan fingerprint density at radius 2 is 2.13 bits per heavy atom. The maximum Gasteiger partial charge on any atom is 0.304 e. The van der Waals surface area contributed by atoms with Crippen molar-refractivity contribution in [3.8, 4) is 11.5 Å². The molecule has 1 aromatic rings. The summed E-state index contributed by atoms with van der Waals surface area (Å²) in [5, 5.41) is 52.5. The van der Waals surface area contributed by atoms with Crippen LogP contribution in [0.3, 0.4) is 0 Å². The van der Waals surface area contributed by atoms with Gasteiger partial charge in [-0.3, -0.25) is 9.69 Å². The minimum absolute atomic E-state index is 0.0299. The van der Waals surface area contributed by atoms with E-state index in [1.165, 1.54) is 0 Å². The second-order valence-corrected chi connectivity index (χ2v) is 9.97. The zero-order chi connectivity index (χ0) is 21.5. The van der Waals surface area contributed by atoms with Crippen molar-refractivity contribution in [1.29, 1.82) is 0 Å². The van der Waals surface area contributed by atoms with Crippen LogP contribution in [0.1, 0.15) is 43.7 Å². The summed E-state index contributed by atoms with van der Waals surface area (Å²) in [6, 6.07) is 3.18. The largest absolute Gasteiger partial charge is 0.504 e. The van der Waals surface area contributed by atoms with Crippen LogP contribution in [-0.4, -0.2) is 79.9 Å². The maximum atomic E-state index is 12.1. The van der Waals surface area contributed by atoms with Gasteiger partial charge in [0.15, 0.2) is 11.5 Å². The summed E-state index contributed by atoms with van der Waals surface area (Å²) < 4.78 is 6.10. The minimum Gasteiger partial charge on any atom is -0.504 e. The molecule has 8 nitrogen and oxygen atoms in total. The lowest BCUT2D eigenvalue weighted by atomic mass is 9.48. The van der Waals surface area contributed by atoms with Crippen LogP contribution in [-0.2, 0) is 16.6 Å². The van der Waals surface area contributed by atoms with Crippen LogP contribution in [0, 0.1) is 5.41 Å². The number of nitrogens with zero attached hydrogens (tertiary/aromatic N) is 1. The van der Waals surface area contributed by atoms with Crippen LogP contribution < -0.4 is 4.74 Å². The molecular formula is C22H29NO7. The molecule has 2 fully saturated rings. The molecule has 1 saturated heterocycles. The van der Waals surface area contributed by atoms with E-state index in [4.69, 9.17) is 4.74 Å². The van der Waals surface area contributed by atoms with E-state index in [-0.39, 0.29) is 24.8 Å². The van der Waals surface area contributed by atoms with Crippen molar-refractivity contribution in [3.05, 3.63) is 23.3 Å². The number of aliphatic carboxylic acids is 1. The highest BCUT2D eigenvalue weighted by Crippen LogP contribution is 2.65. The van der Waals surface area contributed by atoms with Crippen molar-refractivity contribution in [3.63, 3.8) is 0 Å². The van der Waals surface area contributed by atoms with Gasteiger partial charge in [0.25, 0.3) is 0 Å². The predicted octanol–water partition coefficient (Wildman–Crippen LogP) is 0.380. The number of carbonyl (C=O) groups is 1. The van der Waals surface area contributed by atoms with Gasteiger partial charge in [-0.05, 0) is 43.9 Å². The van der Waals surface area contributed by atoms with E-state index in [1.807, 2.05) is 6.07 Å². The van der Waals surface area contributed by atoms with Crippen LogP contribution in [0.2, 0.25) is 0 Å². The first-order chi connectivity index (χ1) is 14.1. The third-order valence-corrected chi connectivity index (χ3v) is 8.09. The molecule has 2 heterocycles. The Morgan fingerprint density at radius 1 is 1.37 bits per heavy atom. The van der Waals surface area contributed by atoms with Crippen LogP contribution in [0.25, 0.3) is 0 Å². The molecule has 0 amide bonds. The van der Waals surface area contributed by atoms with Gasteiger partial charge in [-0.2, -0.15) is 0 Å². The van der Waals surface area contributed by atoms with E-state index >= 15 is 0 Å². The molecular weight excluding hydrogens is 390 g/mol. The fraction of sp³-hybridized carbons (Fsp3) is 0.682. The van der Waals surface area contributed by atoms with E-state index in [1.54, 1.807) is 13.0 Å². The summed E-state index contributed by atoms with van der Waals surface area (Å²) in [5.74, 6) is -0.546. The summed E-state index contributed by atoms with van der Waals surface area (Å²) >= 11 is 0. The molecule has 2 aliphatic heterocycles. The first-order valence-electron chi connectivity index (χ1n) is 10.6. The number of aliphatic hydroxyl groups is 3. The number of ether oxygens (including phenoxy) is 1. The standard InChI is InChI=1S/C22H29NO7/c1-20(11-24,9-16(27)28)10-23-7-6-21-17-12-2-3-13(25)18(17)30-19(21)14(26)4-5-22(21,29)15(23)8-12/h2-3,14-15,19,24-26,29H,4-11H2,1H3,(H,27,28)/t14-,15+,19-,20?,21-,22+/m0/s1. The number of likely N-dealkylation sites (tertiary alicyclic amines) is 1. The summed E-state index contributed by atoms with van der Waals surface area (Å²) in [4.78, 5) is 13.5. The maximum absolute atomic E-state index is 12.1. The Hall–Kier alpha value is -1.87. The number of carboxylic acids is 1. The van der Waals surface area contributed by atoms with E-state index in [2.05, 4.69) is 4.90 Å². The number of phenols is 1. The average Bonchev–Trinajstić information content (AvgIpc) is 3.04. The number of carboxylic acid groups (broad SMARTS) is 1. The Balaban J connectivity index is 1.60. The van der Waals surface area contributed by atoms with E-state index in [0.29, 0.717) is 44.5 Å². The molecule has 2 aliphatic carbocycles. The molecule has 1 unspecified atom stereocenters. The zero-order valence-corrected chi connectivity index (χ0v) is 17.0. The summed E-state index contributed by atoms with van der Waals surface area (Å²) in [7, 11) is 0. The van der Waals surface area contributed by atoms with Crippen molar-refractivity contribution in [2.45, 2.75) is 68.3 Å². The minimum atomic E-state index is -1.17. The SMILES string of the molecule is CC(CO)(CC(=O)O)CN1CC[C@]23c4c5ccc(O)c4O[C@H]2[C@@H](O)CC[C@@]3(O)[C@H]1C5. The number of hydrogen-bond acceptors (Lipinski definition) is 7. The summed E-state index contributed by atoms with van der Waals surface area (Å²) in [6.45, 7) is 2.44. The van der Waals surface area contributed by atoms with Crippen LogP contribution in [0.5, 0.6) is 11.5 Å². The molecule has 0 radical (unpaired) electrons. The topological polar surface area (TPSA) is 131 Å². The number of aromatic hydroxyl groups is 1. The molecule has 30 heavy (non-hydrogen) atoms. The Labute approximate surface area is 174 Å². The van der Waals surface area contributed by atoms with E-state index in [0.717, 1.165) is 11.1 Å². The normalized spacial score (nSPS) is 38.5. The quantitative estimate of drug-likeness (QED) is 0.463. The monoisotopic (exact) mass is 419 g/mol. The Kier molecular flexibility index (Phi) is 4.23. The third-order valence-electron chi connectivity index (χ3n) is 8.09. The van der Waals surface area contributed by atoms with Gasteiger partial charge < -0.3 is 30.3 Å². The molecule has 0 aromatic heterocycles. The van der Waals surface area contributed by atoms with Crippen molar-refractivity contribution in [1.82, 2.24) is 4.90 Å². The van der Waals surface area contributed by atoms with Gasteiger partial charge in [-0.1, -0.05) is 13.0 Å². The number of benzene rings is 1. The smallest absolute Gasteiger partial charge is 0.304 e. The molecule has 5 rings (SSSR count). The van der Waals surface area contributed by atoms with E-state index < -0.39 is 34.6 Å². The van der Waals surface area contributed by atoms with Crippen LogP contribution in [0.4, 0.5) is 0 Å². The zero-order valence-electron chi connectivity index (χ0n) is 17.0. The number of phenolic OH excluding ortho intramolecular Hbond substituents is 1. The highest BCUT2D eigenvalue weighted by Gasteiger charge is 2.73. The fourth-order valence-corrected chi connectivity index (χ4v) is 6.81. The highest BCUT2D eigenvalue weighted by molar-refractivity contribution is 5.67. The van der Waals surface area contributed by atoms with Crippen molar-refractivity contribution in [2.24, 2.45) is 5.41 Å². The second kappa shape index (κ2) is 6.32. The van der Waals surface area contributed by atoms with E-state index in [9.17, 15) is 30.3 Å².